The van der Waals surface area contributed by atoms with Gasteiger partial charge in [-0.3, -0.25) is 10.6 Å². The molecule has 0 radical (unpaired) electrons. The van der Waals surface area contributed by atoms with Crippen LogP contribution in [0.15, 0.2) is 29.6 Å². The lowest BCUT2D eigenvalue weighted by Crippen LogP contribution is -2.39. The Hall–Kier alpha value is -1.96. The van der Waals surface area contributed by atoms with E-state index >= 15 is 0 Å². The summed E-state index contributed by atoms with van der Waals surface area (Å²) in [6, 6.07) is 5.29. The molecule has 9 heteroatoms. The van der Waals surface area contributed by atoms with Crippen LogP contribution < -0.4 is 17.0 Å². The first-order chi connectivity index (χ1) is 11.9. The van der Waals surface area contributed by atoms with Gasteiger partial charge in [0.25, 0.3) is 5.91 Å². The lowest BCUT2D eigenvalue weighted by Gasteiger charge is -2.19. The lowest BCUT2D eigenvalue weighted by atomic mass is 9.98. The van der Waals surface area contributed by atoms with Gasteiger partial charge in [-0.2, -0.15) is 0 Å². The fourth-order valence-corrected chi connectivity index (χ4v) is 3.32. The Bertz CT molecular complexity index is 709. The molecule has 1 aromatic rings. The number of esters is 1. The maximum absolute atomic E-state index is 12.6. The average molecular weight is 387 g/mol. The third-order valence-electron chi connectivity index (χ3n) is 4.00. The van der Waals surface area contributed by atoms with Crippen molar-refractivity contribution in [3.63, 3.8) is 0 Å². The molecule has 0 aromatic heterocycles. The first kappa shape index (κ1) is 19.4. The minimum Gasteiger partial charge on any atom is -0.461 e. The number of amides is 1. The first-order valence-electron chi connectivity index (χ1n) is 7.76. The Morgan fingerprint density at radius 2 is 2.12 bits per heavy atom. The number of likely N-dealkylation sites (tertiary alicyclic amines) is 1. The van der Waals surface area contributed by atoms with Crippen LogP contribution in [0.5, 0.6) is 0 Å². The molecule has 2 rings (SSSR count). The highest BCUT2D eigenvalue weighted by atomic mass is 35.5. The summed E-state index contributed by atoms with van der Waals surface area (Å²) in [7, 11) is 0. The van der Waals surface area contributed by atoms with Crippen LogP contribution in [0.25, 0.3) is 0 Å². The fourth-order valence-electron chi connectivity index (χ4n) is 2.76. The second-order valence-electron chi connectivity index (χ2n) is 5.56. The zero-order chi connectivity index (χ0) is 18.6. The van der Waals surface area contributed by atoms with Gasteiger partial charge in [-0.05, 0) is 31.0 Å². The van der Waals surface area contributed by atoms with Gasteiger partial charge in [0.05, 0.1) is 6.61 Å². The van der Waals surface area contributed by atoms with Gasteiger partial charge in [0.2, 0.25) is 0 Å². The zero-order valence-electron chi connectivity index (χ0n) is 13.7. The number of hydrazine groups is 1. The number of carbonyl (C=O) groups is 2. The van der Waals surface area contributed by atoms with Crippen molar-refractivity contribution in [2.45, 2.75) is 19.3 Å². The molecule has 1 saturated heterocycles. The molecule has 0 spiro atoms. The molecule has 136 valence electrons. The summed E-state index contributed by atoms with van der Waals surface area (Å²) in [5.41, 5.74) is 8.36. The van der Waals surface area contributed by atoms with E-state index < -0.39 is 11.9 Å². The molecule has 1 atom stereocenters. The molecule has 0 aliphatic carbocycles. The van der Waals surface area contributed by atoms with Gasteiger partial charge in [0.15, 0.2) is 5.70 Å². The third-order valence-corrected chi connectivity index (χ3v) is 4.56. The van der Waals surface area contributed by atoms with Crippen molar-refractivity contribution in [1.82, 2.24) is 10.3 Å². The second-order valence-corrected chi connectivity index (χ2v) is 6.40. The van der Waals surface area contributed by atoms with Crippen molar-refractivity contribution in [2.75, 3.05) is 19.7 Å². The minimum absolute atomic E-state index is 0.0680. The van der Waals surface area contributed by atoms with Crippen LogP contribution in [0.2, 0.25) is 10.0 Å². The molecule has 25 heavy (non-hydrogen) atoms. The Balaban J connectivity index is 2.15. The van der Waals surface area contributed by atoms with E-state index in [1.165, 1.54) is 0 Å². The molecular formula is C16H20Cl2N4O3. The molecule has 0 saturated carbocycles. The normalized spacial score (nSPS) is 17.9. The summed E-state index contributed by atoms with van der Waals surface area (Å²) in [5.74, 6) is 4.12. The predicted molar refractivity (Wildman–Crippen MR) is 95.6 cm³/mol. The van der Waals surface area contributed by atoms with E-state index in [2.05, 4.69) is 5.43 Å². The molecular weight excluding hydrogens is 367 g/mol. The number of carbonyl (C=O) groups excluding carboxylic acids is 2. The van der Waals surface area contributed by atoms with Gasteiger partial charge in [0, 0.05) is 29.1 Å². The molecule has 5 N–H and O–H groups in total. The average Bonchev–Trinajstić information content (AvgIpc) is 3.04. The van der Waals surface area contributed by atoms with Crippen LogP contribution in [0, 0.1) is 0 Å². The van der Waals surface area contributed by atoms with Crippen molar-refractivity contribution in [2.24, 2.45) is 11.6 Å². The van der Waals surface area contributed by atoms with Gasteiger partial charge in [-0.1, -0.05) is 29.3 Å². The summed E-state index contributed by atoms with van der Waals surface area (Å²) >= 11 is 12.2. The van der Waals surface area contributed by atoms with E-state index in [0.29, 0.717) is 23.1 Å². The fraction of sp³-hybridized carbons (Fsp3) is 0.375. The Labute approximate surface area is 155 Å². The van der Waals surface area contributed by atoms with Crippen molar-refractivity contribution in [3.05, 3.63) is 45.2 Å². The molecule has 1 aliphatic heterocycles. The maximum atomic E-state index is 12.6. The van der Waals surface area contributed by atoms with Crippen LogP contribution in [0.3, 0.4) is 0 Å². The third kappa shape index (κ3) is 4.36. The molecule has 0 bridgehead atoms. The molecule has 1 unspecified atom stereocenters. The van der Waals surface area contributed by atoms with E-state index in [0.717, 1.165) is 12.0 Å². The zero-order valence-corrected chi connectivity index (χ0v) is 15.2. The standard InChI is InChI=1S/C16H20Cl2N4O3/c1-2-25-16(24)14(21-20)13(19)15(23)22-6-5-9(8-22)11-4-3-10(17)7-12(11)18/h3-4,7,9,21H,2,5-6,8,19-20H2,1H3/b14-13-. The highest BCUT2D eigenvalue weighted by Gasteiger charge is 2.31. The van der Waals surface area contributed by atoms with Crippen molar-refractivity contribution >= 4 is 35.1 Å². The number of nitrogens with two attached hydrogens (primary N) is 2. The lowest BCUT2D eigenvalue weighted by molar-refractivity contribution is -0.139. The number of ether oxygens (including phenoxy) is 1. The highest BCUT2D eigenvalue weighted by molar-refractivity contribution is 6.35. The summed E-state index contributed by atoms with van der Waals surface area (Å²) < 4.78 is 4.83. The van der Waals surface area contributed by atoms with Gasteiger partial charge >= 0.3 is 5.97 Å². The number of hydrogen-bond donors (Lipinski definition) is 3. The maximum Gasteiger partial charge on any atom is 0.358 e. The van der Waals surface area contributed by atoms with E-state index in [9.17, 15) is 9.59 Å². The van der Waals surface area contributed by atoms with E-state index in [4.69, 9.17) is 39.5 Å². The van der Waals surface area contributed by atoms with Crippen LogP contribution in [-0.4, -0.2) is 36.5 Å². The predicted octanol–water partition coefficient (Wildman–Crippen LogP) is 1.51. The number of halogens is 2. The van der Waals surface area contributed by atoms with Gasteiger partial charge in [-0.15, -0.1) is 0 Å². The number of hydrogen-bond acceptors (Lipinski definition) is 6. The van der Waals surface area contributed by atoms with E-state index in [1.807, 2.05) is 6.07 Å². The summed E-state index contributed by atoms with van der Waals surface area (Å²) in [6.07, 6.45) is 0.727. The van der Waals surface area contributed by atoms with Crippen molar-refractivity contribution in [3.8, 4) is 0 Å². The Kier molecular flexibility index (Phi) is 6.52. The van der Waals surface area contributed by atoms with Crippen LogP contribution in [0.1, 0.15) is 24.8 Å². The molecule has 1 heterocycles. The smallest absolute Gasteiger partial charge is 0.358 e. The Morgan fingerprint density at radius 3 is 2.72 bits per heavy atom. The first-order valence-corrected chi connectivity index (χ1v) is 8.52. The van der Waals surface area contributed by atoms with E-state index in [1.54, 1.807) is 24.0 Å². The molecule has 1 fully saturated rings. The number of nitrogens with zero attached hydrogens (tertiary/aromatic N) is 1. The Morgan fingerprint density at radius 1 is 1.40 bits per heavy atom. The van der Waals surface area contributed by atoms with Crippen molar-refractivity contribution < 1.29 is 14.3 Å². The number of nitrogens with one attached hydrogen (secondary N) is 1. The van der Waals surface area contributed by atoms with Gasteiger partial charge in [-0.25, -0.2) is 4.79 Å². The molecule has 7 nitrogen and oxygen atoms in total. The number of benzene rings is 1. The molecule has 1 aliphatic rings. The largest absolute Gasteiger partial charge is 0.461 e. The number of rotatable bonds is 5. The van der Waals surface area contributed by atoms with Crippen LogP contribution >= 0.6 is 23.2 Å². The molecule has 1 amide bonds. The summed E-state index contributed by atoms with van der Waals surface area (Å²) in [5, 5.41) is 1.12. The highest BCUT2D eigenvalue weighted by Crippen LogP contribution is 2.33. The van der Waals surface area contributed by atoms with Gasteiger partial charge < -0.3 is 20.8 Å². The minimum atomic E-state index is -0.771. The second kappa shape index (κ2) is 8.42. The molecule has 1 aromatic carbocycles. The topological polar surface area (TPSA) is 111 Å². The van der Waals surface area contributed by atoms with Crippen LogP contribution in [-0.2, 0) is 14.3 Å². The van der Waals surface area contributed by atoms with Crippen LogP contribution in [0.4, 0.5) is 0 Å². The summed E-state index contributed by atoms with van der Waals surface area (Å²) in [6.45, 7) is 2.71. The summed E-state index contributed by atoms with van der Waals surface area (Å²) in [4.78, 5) is 25.9. The van der Waals surface area contributed by atoms with Gasteiger partial charge in [0.1, 0.15) is 5.70 Å². The quantitative estimate of drug-likeness (QED) is 0.306. The SMILES string of the molecule is CCOC(=O)/C(NN)=C(/N)C(=O)N1CCC(c2ccc(Cl)cc2Cl)C1. The monoisotopic (exact) mass is 386 g/mol. The van der Waals surface area contributed by atoms with Crippen molar-refractivity contribution in [1.29, 1.82) is 0 Å². The van der Waals surface area contributed by atoms with E-state index in [-0.39, 0.29) is 23.9 Å².